The summed E-state index contributed by atoms with van der Waals surface area (Å²) in [5.74, 6) is -0.143. The topological polar surface area (TPSA) is 68.0 Å². The number of aryl methyl sites for hydroxylation is 1. The molecule has 1 heterocycles. The van der Waals surface area contributed by atoms with Gasteiger partial charge in [-0.2, -0.15) is 0 Å². The standard InChI is InChI=1S/C9H15N3OS/c1-3-8-12-7(5-14-8)4-11-9(13)6(2)10/h5-6H,3-4,10H2,1-2H3,(H,11,13)/t6-/m1/s1. The second-order valence-corrected chi connectivity index (χ2v) is 4.04. The second-order valence-electron chi connectivity index (χ2n) is 3.09. The van der Waals surface area contributed by atoms with E-state index in [1.807, 2.05) is 5.38 Å². The van der Waals surface area contributed by atoms with Crippen LogP contribution in [0.4, 0.5) is 0 Å². The molecular formula is C9H15N3OS. The van der Waals surface area contributed by atoms with Crippen LogP contribution in [0.15, 0.2) is 5.38 Å². The Morgan fingerprint density at radius 1 is 1.79 bits per heavy atom. The van der Waals surface area contributed by atoms with E-state index < -0.39 is 6.04 Å². The molecule has 0 saturated carbocycles. The van der Waals surface area contributed by atoms with Gasteiger partial charge in [0.25, 0.3) is 0 Å². The largest absolute Gasteiger partial charge is 0.349 e. The zero-order valence-electron chi connectivity index (χ0n) is 8.41. The molecule has 0 saturated heterocycles. The van der Waals surface area contributed by atoms with Gasteiger partial charge in [0.1, 0.15) is 0 Å². The minimum absolute atomic E-state index is 0.143. The summed E-state index contributed by atoms with van der Waals surface area (Å²) in [4.78, 5) is 15.5. The van der Waals surface area contributed by atoms with Crippen molar-refractivity contribution in [2.45, 2.75) is 32.9 Å². The molecule has 1 aromatic rings. The van der Waals surface area contributed by atoms with Gasteiger partial charge in [-0.25, -0.2) is 4.98 Å². The van der Waals surface area contributed by atoms with E-state index in [-0.39, 0.29) is 5.91 Å². The lowest BCUT2D eigenvalue weighted by molar-refractivity contribution is -0.122. The molecule has 3 N–H and O–H groups in total. The summed E-state index contributed by atoms with van der Waals surface area (Å²) >= 11 is 1.62. The van der Waals surface area contributed by atoms with Gasteiger partial charge in [-0.15, -0.1) is 11.3 Å². The summed E-state index contributed by atoms with van der Waals surface area (Å²) in [6.45, 7) is 4.19. The predicted octanol–water partition coefficient (Wildman–Crippen LogP) is 0.669. The Hall–Kier alpha value is -0.940. The maximum atomic E-state index is 11.1. The van der Waals surface area contributed by atoms with E-state index in [0.29, 0.717) is 6.54 Å². The first-order chi connectivity index (χ1) is 6.63. The highest BCUT2D eigenvalue weighted by atomic mass is 32.1. The third-order valence-corrected chi connectivity index (χ3v) is 2.80. The molecule has 0 aliphatic rings. The lowest BCUT2D eigenvalue weighted by atomic mass is 10.3. The number of carbonyl (C=O) groups is 1. The number of aromatic nitrogens is 1. The van der Waals surface area contributed by atoms with Crippen LogP contribution in [-0.2, 0) is 17.8 Å². The number of nitrogens with two attached hydrogens (primary N) is 1. The third kappa shape index (κ3) is 3.08. The van der Waals surface area contributed by atoms with Crippen molar-refractivity contribution in [2.24, 2.45) is 5.73 Å². The van der Waals surface area contributed by atoms with Gasteiger partial charge in [0.15, 0.2) is 0 Å². The van der Waals surface area contributed by atoms with Crippen molar-refractivity contribution in [2.75, 3.05) is 0 Å². The van der Waals surface area contributed by atoms with Gasteiger partial charge in [0.05, 0.1) is 23.3 Å². The van der Waals surface area contributed by atoms with Crippen LogP contribution in [-0.4, -0.2) is 16.9 Å². The smallest absolute Gasteiger partial charge is 0.236 e. The lowest BCUT2D eigenvalue weighted by Crippen LogP contribution is -2.37. The van der Waals surface area contributed by atoms with E-state index in [0.717, 1.165) is 17.1 Å². The zero-order valence-corrected chi connectivity index (χ0v) is 9.23. The number of nitrogens with one attached hydrogen (secondary N) is 1. The normalized spacial score (nSPS) is 12.5. The van der Waals surface area contributed by atoms with Gasteiger partial charge in [-0.1, -0.05) is 6.92 Å². The minimum atomic E-state index is -0.459. The van der Waals surface area contributed by atoms with Crippen molar-refractivity contribution < 1.29 is 4.79 Å². The fraction of sp³-hybridized carbons (Fsp3) is 0.556. The SMILES string of the molecule is CCc1nc(CNC(=O)[C@@H](C)N)cs1. The van der Waals surface area contributed by atoms with Crippen molar-refractivity contribution in [3.8, 4) is 0 Å². The summed E-state index contributed by atoms with van der Waals surface area (Å²) in [5.41, 5.74) is 6.31. The molecule has 0 radical (unpaired) electrons. The number of rotatable bonds is 4. The number of hydrogen-bond acceptors (Lipinski definition) is 4. The second kappa shape index (κ2) is 5.07. The number of amides is 1. The van der Waals surface area contributed by atoms with Gasteiger partial charge < -0.3 is 11.1 Å². The summed E-state index contributed by atoms with van der Waals surface area (Å²) in [6, 6.07) is -0.459. The van der Waals surface area contributed by atoms with Crippen molar-refractivity contribution in [1.82, 2.24) is 10.3 Å². The summed E-state index contributed by atoms with van der Waals surface area (Å²) in [7, 11) is 0. The van der Waals surface area contributed by atoms with Crippen LogP contribution in [0, 0.1) is 0 Å². The summed E-state index contributed by atoms with van der Waals surface area (Å²) in [5, 5.41) is 5.77. The van der Waals surface area contributed by atoms with Crippen LogP contribution in [0.3, 0.4) is 0 Å². The van der Waals surface area contributed by atoms with E-state index in [9.17, 15) is 4.79 Å². The summed E-state index contributed by atoms with van der Waals surface area (Å²) in [6.07, 6.45) is 0.936. The van der Waals surface area contributed by atoms with E-state index in [1.165, 1.54) is 0 Å². The molecule has 0 aliphatic heterocycles. The molecule has 0 unspecified atom stereocenters. The van der Waals surface area contributed by atoms with Crippen molar-refractivity contribution in [1.29, 1.82) is 0 Å². The Kier molecular flexibility index (Phi) is 4.03. The van der Waals surface area contributed by atoms with Crippen molar-refractivity contribution in [3.05, 3.63) is 16.1 Å². The average molecular weight is 213 g/mol. The quantitative estimate of drug-likeness (QED) is 0.772. The van der Waals surface area contributed by atoms with Crippen LogP contribution in [0.1, 0.15) is 24.5 Å². The third-order valence-electron chi connectivity index (χ3n) is 1.76. The van der Waals surface area contributed by atoms with Crippen LogP contribution in [0.2, 0.25) is 0 Å². The number of carbonyl (C=O) groups excluding carboxylic acids is 1. The van der Waals surface area contributed by atoms with Crippen LogP contribution in [0.5, 0.6) is 0 Å². The van der Waals surface area contributed by atoms with E-state index in [4.69, 9.17) is 5.73 Å². The molecule has 1 amide bonds. The fourth-order valence-electron chi connectivity index (χ4n) is 0.931. The molecule has 4 nitrogen and oxygen atoms in total. The fourth-order valence-corrected chi connectivity index (χ4v) is 1.68. The first-order valence-electron chi connectivity index (χ1n) is 4.60. The minimum Gasteiger partial charge on any atom is -0.349 e. The van der Waals surface area contributed by atoms with Gasteiger partial charge in [0, 0.05) is 5.38 Å². The number of thiazole rings is 1. The highest BCUT2D eigenvalue weighted by Gasteiger charge is 2.07. The molecule has 0 spiro atoms. The predicted molar refractivity (Wildman–Crippen MR) is 57.0 cm³/mol. The Labute approximate surface area is 87.5 Å². The first kappa shape index (κ1) is 11.1. The summed E-state index contributed by atoms with van der Waals surface area (Å²) < 4.78 is 0. The maximum Gasteiger partial charge on any atom is 0.236 e. The average Bonchev–Trinajstić information content (AvgIpc) is 2.61. The van der Waals surface area contributed by atoms with E-state index >= 15 is 0 Å². The molecule has 1 atom stereocenters. The number of nitrogens with zero attached hydrogens (tertiary/aromatic N) is 1. The van der Waals surface area contributed by atoms with E-state index in [2.05, 4.69) is 17.2 Å². The molecule has 0 fully saturated rings. The van der Waals surface area contributed by atoms with Crippen molar-refractivity contribution in [3.63, 3.8) is 0 Å². The monoisotopic (exact) mass is 213 g/mol. The first-order valence-corrected chi connectivity index (χ1v) is 5.48. The Bertz CT molecular complexity index is 309. The molecule has 0 aliphatic carbocycles. The highest BCUT2D eigenvalue weighted by molar-refractivity contribution is 7.09. The van der Waals surface area contributed by atoms with E-state index in [1.54, 1.807) is 18.3 Å². The molecule has 0 aromatic carbocycles. The molecule has 1 rings (SSSR count). The Morgan fingerprint density at radius 3 is 3.00 bits per heavy atom. The highest BCUT2D eigenvalue weighted by Crippen LogP contribution is 2.09. The van der Waals surface area contributed by atoms with Gasteiger partial charge in [-0.3, -0.25) is 4.79 Å². The molecular weight excluding hydrogens is 198 g/mol. The van der Waals surface area contributed by atoms with Crippen LogP contribution < -0.4 is 11.1 Å². The van der Waals surface area contributed by atoms with Crippen LogP contribution in [0.25, 0.3) is 0 Å². The number of hydrogen-bond donors (Lipinski definition) is 2. The zero-order chi connectivity index (χ0) is 10.6. The van der Waals surface area contributed by atoms with Crippen molar-refractivity contribution >= 4 is 17.2 Å². The molecule has 14 heavy (non-hydrogen) atoms. The van der Waals surface area contributed by atoms with Crippen LogP contribution >= 0.6 is 11.3 Å². The molecule has 1 aromatic heterocycles. The molecule has 0 bridgehead atoms. The van der Waals surface area contributed by atoms with Gasteiger partial charge >= 0.3 is 0 Å². The molecule has 5 heteroatoms. The molecule has 78 valence electrons. The maximum absolute atomic E-state index is 11.1. The Morgan fingerprint density at radius 2 is 2.50 bits per heavy atom. The lowest BCUT2D eigenvalue weighted by Gasteiger charge is -2.05. The van der Waals surface area contributed by atoms with Gasteiger partial charge in [-0.05, 0) is 13.3 Å². The Balaban J connectivity index is 2.41. The van der Waals surface area contributed by atoms with Gasteiger partial charge in [0.2, 0.25) is 5.91 Å².